The lowest BCUT2D eigenvalue weighted by atomic mass is 10.2. The molecule has 0 aliphatic carbocycles. The summed E-state index contributed by atoms with van der Waals surface area (Å²) in [6.07, 6.45) is 0. The lowest BCUT2D eigenvalue weighted by Gasteiger charge is -2.12. The van der Waals surface area contributed by atoms with Gasteiger partial charge in [0.05, 0.1) is 17.2 Å². The van der Waals surface area contributed by atoms with Crippen molar-refractivity contribution >= 4 is 35.3 Å². The summed E-state index contributed by atoms with van der Waals surface area (Å²) in [5, 5.41) is 8.32. The smallest absolute Gasteiger partial charge is 0.338 e. The van der Waals surface area contributed by atoms with Crippen LogP contribution in [-0.4, -0.2) is 28.9 Å². The minimum Gasteiger partial charge on any atom is -0.478 e. The zero-order chi connectivity index (χ0) is 14.6. The first-order valence-corrected chi connectivity index (χ1v) is 6.68. The van der Waals surface area contributed by atoms with E-state index in [4.69, 9.17) is 21.4 Å². The Hall–Kier alpha value is -1.27. The van der Waals surface area contributed by atoms with Crippen LogP contribution in [-0.2, 0) is 9.53 Å². The Bertz CT molecular complexity index is 507. The Morgan fingerprint density at radius 1 is 1.53 bits per heavy atom. The molecule has 0 fully saturated rings. The average Bonchev–Trinajstić information content (AvgIpc) is 2.32. The quantitative estimate of drug-likeness (QED) is 0.668. The van der Waals surface area contributed by atoms with Crippen LogP contribution < -0.4 is 0 Å². The first-order chi connectivity index (χ1) is 8.86. The highest BCUT2D eigenvalue weighted by Gasteiger charge is 2.20. The number of aromatic carboxylic acids is 1. The van der Waals surface area contributed by atoms with Crippen LogP contribution >= 0.6 is 23.4 Å². The van der Waals surface area contributed by atoms with Crippen LogP contribution in [0, 0.1) is 5.82 Å². The topological polar surface area (TPSA) is 63.6 Å². The molecule has 1 aromatic carbocycles. The number of benzene rings is 1. The van der Waals surface area contributed by atoms with Gasteiger partial charge < -0.3 is 9.84 Å². The van der Waals surface area contributed by atoms with E-state index in [1.54, 1.807) is 13.8 Å². The Morgan fingerprint density at radius 3 is 2.68 bits per heavy atom. The average molecular weight is 307 g/mol. The van der Waals surface area contributed by atoms with E-state index >= 15 is 0 Å². The maximum Gasteiger partial charge on any atom is 0.338 e. The Kier molecular flexibility index (Phi) is 5.62. The fourth-order valence-electron chi connectivity index (χ4n) is 1.28. The van der Waals surface area contributed by atoms with Gasteiger partial charge in [0.25, 0.3) is 0 Å². The van der Waals surface area contributed by atoms with Gasteiger partial charge in [-0.2, -0.15) is 0 Å². The van der Waals surface area contributed by atoms with Gasteiger partial charge in [-0.25, -0.2) is 9.18 Å². The van der Waals surface area contributed by atoms with E-state index in [0.717, 1.165) is 23.9 Å². The summed E-state index contributed by atoms with van der Waals surface area (Å²) >= 11 is 6.85. The summed E-state index contributed by atoms with van der Waals surface area (Å²) in [6.45, 7) is 3.53. The third-order valence-electron chi connectivity index (χ3n) is 2.17. The molecule has 0 radical (unpaired) electrons. The molecule has 4 nitrogen and oxygen atoms in total. The first kappa shape index (κ1) is 15.8. The third kappa shape index (κ3) is 4.11. The fraction of sp³-hybridized carbons (Fsp3) is 0.333. The SMILES string of the molecule is CCOC(=O)C(C)Sc1cc(C(=O)O)c(F)cc1Cl. The number of carboxylic acid groups (broad SMARTS) is 1. The van der Waals surface area contributed by atoms with Crippen LogP contribution in [0.3, 0.4) is 0 Å². The van der Waals surface area contributed by atoms with Crippen molar-refractivity contribution in [3.63, 3.8) is 0 Å². The number of rotatable bonds is 5. The molecule has 104 valence electrons. The number of carboxylic acids is 1. The minimum atomic E-state index is -1.39. The fourth-order valence-corrected chi connectivity index (χ4v) is 2.47. The Morgan fingerprint density at radius 2 is 2.16 bits per heavy atom. The standard InChI is InChI=1S/C12H12ClFO4S/c1-3-18-12(17)6(2)19-10-4-7(11(15)16)9(14)5-8(10)13/h4-6H,3H2,1-2H3,(H,15,16). The van der Waals surface area contributed by atoms with E-state index in [9.17, 15) is 14.0 Å². The highest BCUT2D eigenvalue weighted by atomic mass is 35.5. The number of carbonyl (C=O) groups is 2. The molecule has 0 aromatic heterocycles. The molecule has 7 heteroatoms. The van der Waals surface area contributed by atoms with Gasteiger partial charge in [0.1, 0.15) is 11.1 Å². The van der Waals surface area contributed by atoms with Crippen LogP contribution in [0.2, 0.25) is 5.02 Å². The predicted molar refractivity (Wildman–Crippen MR) is 70.3 cm³/mol. The van der Waals surface area contributed by atoms with Crippen molar-refractivity contribution in [3.05, 3.63) is 28.5 Å². The van der Waals surface area contributed by atoms with E-state index in [1.165, 1.54) is 0 Å². The van der Waals surface area contributed by atoms with Gasteiger partial charge in [0.15, 0.2) is 0 Å². The zero-order valence-electron chi connectivity index (χ0n) is 10.3. The molecular formula is C12H12ClFO4S. The van der Waals surface area contributed by atoms with Gasteiger partial charge in [0.2, 0.25) is 0 Å². The number of thioether (sulfide) groups is 1. The molecule has 1 aromatic rings. The number of hydrogen-bond acceptors (Lipinski definition) is 4. The number of halogens is 2. The van der Waals surface area contributed by atoms with Crippen molar-refractivity contribution in [2.45, 2.75) is 24.0 Å². The van der Waals surface area contributed by atoms with Crippen molar-refractivity contribution in [3.8, 4) is 0 Å². The maximum absolute atomic E-state index is 13.3. The van der Waals surface area contributed by atoms with E-state index in [1.807, 2.05) is 0 Å². The van der Waals surface area contributed by atoms with Crippen molar-refractivity contribution in [2.75, 3.05) is 6.61 Å². The van der Waals surface area contributed by atoms with E-state index in [-0.39, 0.29) is 11.6 Å². The van der Waals surface area contributed by atoms with E-state index in [0.29, 0.717) is 4.90 Å². The van der Waals surface area contributed by atoms with Crippen LogP contribution in [0.25, 0.3) is 0 Å². The molecule has 0 bridgehead atoms. The summed E-state index contributed by atoms with van der Waals surface area (Å²) in [4.78, 5) is 22.6. The molecule has 19 heavy (non-hydrogen) atoms. The summed E-state index contributed by atoms with van der Waals surface area (Å²) < 4.78 is 18.2. The molecule has 0 aliphatic rings. The van der Waals surface area contributed by atoms with Crippen LogP contribution in [0.15, 0.2) is 17.0 Å². The summed E-state index contributed by atoms with van der Waals surface area (Å²) in [5.41, 5.74) is -0.483. The number of carbonyl (C=O) groups excluding carboxylic acids is 1. The summed E-state index contributed by atoms with van der Waals surface area (Å²) in [5.74, 6) is -2.74. The van der Waals surface area contributed by atoms with Crippen molar-refractivity contribution < 1.29 is 23.8 Å². The van der Waals surface area contributed by atoms with Gasteiger partial charge in [-0.15, -0.1) is 11.8 Å². The monoisotopic (exact) mass is 306 g/mol. The molecule has 0 heterocycles. The third-order valence-corrected chi connectivity index (χ3v) is 3.74. The molecule has 1 N–H and O–H groups in total. The predicted octanol–water partition coefficient (Wildman–Crippen LogP) is 3.22. The largest absolute Gasteiger partial charge is 0.478 e. The molecule has 1 atom stereocenters. The molecule has 0 saturated heterocycles. The minimum absolute atomic E-state index is 0.0589. The maximum atomic E-state index is 13.3. The molecule has 1 unspecified atom stereocenters. The van der Waals surface area contributed by atoms with Crippen molar-refractivity contribution in [1.29, 1.82) is 0 Å². The number of hydrogen-bond donors (Lipinski definition) is 1. The van der Waals surface area contributed by atoms with Gasteiger partial charge >= 0.3 is 11.9 Å². The summed E-state index contributed by atoms with van der Waals surface area (Å²) in [7, 11) is 0. The molecule has 1 rings (SSSR count). The van der Waals surface area contributed by atoms with Gasteiger partial charge in [-0.1, -0.05) is 11.6 Å². The van der Waals surface area contributed by atoms with Crippen LogP contribution in [0.1, 0.15) is 24.2 Å². The molecule has 0 aliphatic heterocycles. The van der Waals surface area contributed by atoms with Crippen LogP contribution in [0.4, 0.5) is 4.39 Å². The van der Waals surface area contributed by atoms with E-state index < -0.39 is 28.6 Å². The molecule has 0 spiro atoms. The van der Waals surface area contributed by atoms with Crippen molar-refractivity contribution in [2.24, 2.45) is 0 Å². The van der Waals surface area contributed by atoms with Crippen LogP contribution in [0.5, 0.6) is 0 Å². The number of esters is 1. The zero-order valence-corrected chi connectivity index (χ0v) is 11.8. The summed E-state index contributed by atoms with van der Waals surface area (Å²) in [6, 6.07) is 2.03. The second kappa shape index (κ2) is 6.77. The molecule has 0 saturated carbocycles. The Labute approximate surface area is 118 Å². The molecular weight excluding hydrogens is 295 g/mol. The normalized spacial score (nSPS) is 12.0. The number of ether oxygens (including phenoxy) is 1. The Balaban J connectivity index is 2.98. The second-order valence-corrected chi connectivity index (χ2v) is 5.37. The second-order valence-electron chi connectivity index (χ2n) is 3.58. The highest BCUT2D eigenvalue weighted by Crippen LogP contribution is 2.33. The van der Waals surface area contributed by atoms with Crippen molar-refractivity contribution in [1.82, 2.24) is 0 Å². The molecule has 0 amide bonds. The van der Waals surface area contributed by atoms with E-state index in [2.05, 4.69) is 0 Å². The van der Waals surface area contributed by atoms with Gasteiger partial charge in [-0.3, -0.25) is 4.79 Å². The lowest BCUT2D eigenvalue weighted by molar-refractivity contribution is -0.142. The highest BCUT2D eigenvalue weighted by molar-refractivity contribution is 8.00. The van der Waals surface area contributed by atoms with Gasteiger partial charge in [0, 0.05) is 4.90 Å². The first-order valence-electron chi connectivity index (χ1n) is 5.42. The van der Waals surface area contributed by atoms with Gasteiger partial charge in [-0.05, 0) is 26.0 Å². The lowest BCUT2D eigenvalue weighted by Crippen LogP contribution is -2.16.